The third kappa shape index (κ3) is 45.4. The monoisotopic (exact) mass is 1290 g/mol. The highest BCUT2D eigenvalue weighted by Crippen LogP contribution is 2.30. The Morgan fingerprint density at radius 3 is 1.11 bits per heavy atom. The van der Waals surface area contributed by atoms with Gasteiger partial charge < -0.3 is 65.1 Å². The first-order valence-corrected chi connectivity index (χ1v) is 38.7. The quantitative estimate of drug-likeness (QED) is 0.0204. The van der Waals surface area contributed by atoms with Crippen LogP contribution in [0, 0.1) is 0 Å². The summed E-state index contributed by atoms with van der Waals surface area (Å²) in [6.45, 7) is 2.91. The Balaban J connectivity index is 1.58. The highest BCUT2D eigenvalue weighted by molar-refractivity contribution is 5.76. The molecule has 2 saturated heterocycles. The van der Waals surface area contributed by atoms with Crippen LogP contribution < -0.4 is 5.32 Å². The largest absolute Gasteiger partial charge is 0.394 e. The summed E-state index contributed by atoms with van der Waals surface area (Å²) in [6, 6.07) is -0.828. The van der Waals surface area contributed by atoms with Crippen molar-refractivity contribution in [3.63, 3.8) is 0 Å². The van der Waals surface area contributed by atoms with Gasteiger partial charge in [-0.2, -0.15) is 0 Å². The van der Waals surface area contributed by atoms with E-state index in [9.17, 15) is 45.6 Å². The molecule has 2 rings (SSSR count). The minimum Gasteiger partial charge on any atom is -0.394 e. The summed E-state index contributed by atoms with van der Waals surface area (Å²) in [7, 11) is 0. The number of rotatable bonds is 65. The summed E-state index contributed by atoms with van der Waals surface area (Å²) in [4.78, 5) is 13.4. The zero-order valence-electron chi connectivity index (χ0n) is 58.6. The lowest BCUT2D eigenvalue weighted by molar-refractivity contribution is -0.359. The number of hydrogen-bond acceptors (Lipinski definition) is 13. The lowest BCUT2D eigenvalue weighted by atomic mass is 9.97. The lowest BCUT2D eigenvalue weighted by Gasteiger charge is -2.46. The normalized spacial score (nSPS) is 22.9. The van der Waals surface area contributed by atoms with E-state index in [1.165, 1.54) is 263 Å². The molecule has 0 aromatic heterocycles. The summed E-state index contributed by atoms with van der Waals surface area (Å²) < 4.78 is 23.0. The van der Waals surface area contributed by atoms with Gasteiger partial charge in [-0.15, -0.1) is 0 Å². The average Bonchev–Trinajstić information content (AvgIpc) is 1.04. The highest BCUT2D eigenvalue weighted by Gasteiger charge is 2.51. The van der Waals surface area contributed by atoms with E-state index in [1.807, 2.05) is 0 Å². The third-order valence-corrected chi connectivity index (χ3v) is 19.1. The Kier molecular flexibility index (Phi) is 57.9. The highest BCUT2D eigenvalue weighted by atomic mass is 16.7. The topological polar surface area (TPSA) is 228 Å². The molecular formula is C77H145NO13. The molecule has 12 unspecified atom stereocenters. The Labute approximate surface area is 557 Å². The number of allylic oxidation sites excluding steroid dienone is 6. The van der Waals surface area contributed by atoms with Crippen molar-refractivity contribution in [2.75, 3.05) is 19.8 Å². The van der Waals surface area contributed by atoms with Gasteiger partial charge in [0.05, 0.1) is 32.0 Å². The molecule has 0 aromatic carbocycles. The SMILES string of the molecule is CCCCCCC/C=C\C/C=C\C/C=C\CCCCCCCCCCCCCCCCCCCCCCCCC(=O)NC(COC1OC(CO)C(OC2OC(CO)C(O)C(O)C2O)C(O)C1O)C(O)CCCCCCCCCCCCCCCCCCCCCC. The number of amides is 1. The van der Waals surface area contributed by atoms with E-state index in [2.05, 4.69) is 55.6 Å². The average molecular weight is 1290 g/mol. The van der Waals surface area contributed by atoms with Gasteiger partial charge in [0.1, 0.15) is 48.8 Å². The van der Waals surface area contributed by atoms with Gasteiger partial charge in [-0.25, -0.2) is 0 Å². The smallest absolute Gasteiger partial charge is 0.220 e. The number of carbonyl (C=O) groups is 1. The van der Waals surface area contributed by atoms with Crippen LogP contribution in [0.15, 0.2) is 36.5 Å². The molecule has 12 atom stereocenters. The number of aliphatic hydroxyl groups is 8. The molecule has 2 fully saturated rings. The van der Waals surface area contributed by atoms with Gasteiger partial charge in [-0.05, 0) is 51.4 Å². The fourth-order valence-electron chi connectivity index (χ4n) is 13.0. The molecule has 14 heteroatoms. The van der Waals surface area contributed by atoms with E-state index >= 15 is 0 Å². The second kappa shape index (κ2) is 61.8. The first-order chi connectivity index (χ1) is 44.6. The number of ether oxygens (including phenoxy) is 4. The first kappa shape index (κ1) is 85.3. The second-order valence-electron chi connectivity index (χ2n) is 27.5. The molecule has 2 aliphatic rings. The first-order valence-electron chi connectivity index (χ1n) is 38.7. The Morgan fingerprint density at radius 2 is 0.725 bits per heavy atom. The molecule has 14 nitrogen and oxygen atoms in total. The molecule has 91 heavy (non-hydrogen) atoms. The van der Waals surface area contributed by atoms with Crippen molar-refractivity contribution < 1.29 is 64.6 Å². The van der Waals surface area contributed by atoms with Gasteiger partial charge in [-0.3, -0.25) is 4.79 Å². The number of hydrogen-bond donors (Lipinski definition) is 9. The molecule has 0 aromatic rings. The predicted octanol–water partition coefficient (Wildman–Crippen LogP) is 16.9. The molecule has 0 saturated carbocycles. The fraction of sp³-hybridized carbons (Fsp3) is 0.909. The fourth-order valence-corrected chi connectivity index (χ4v) is 13.0. The molecule has 9 N–H and O–H groups in total. The number of nitrogens with one attached hydrogen (secondary N) is 1. The summed E-state index contributed by atoms with van der Waals surface area (Å²) in [5.41, 5.74) is 0. The standard InChI is InChI=1S/C77H145NO13/c1-3-5-7-9-11-13-15-17-19-21-23-25-26-27-28-29-30-31-32-33-34-35-36-37-38-39-40-41-43-45-47-49-51-53-55-57-59-61-69(82)78-65(66(81)60-58-56-54-52-50-48-46-44-42-24-22-20-18-16-14-12-10-8-6-4-2)64-88-76-74(87)72(85)75(68(63-80)90-76)91-77-73(86)71(84)70(83)67(62-79)89-77/h15,17,21,23,26-27,65-68,70-77,79-81,83-87H,3-14,16,18-20,22,24-25,28-64H2,1-2H3,(H,78,82)/b17-15-,23-21-,27-26-. The van der Waals surface area contributed by atoms with Crippen molar-refractivity contribution in [1.82, 2.24) is 5.32 Å². The van der Waals surface area contributed by atoms with E-state index < -0.39 is 86.8 Å². The molecule has 0 bridgehead atoms. The Bertz CT molecular complexity index is 1670. The van der Waals surface area contributed by atoms with Crippen molar-refractivity contribution in [3.8, 4) is 0 Å². The minimum absolute atomic E-state index is 0.199. The Hall–Kier alpha value is -1.79. The minimum atomic E-state index is -1.78. The van der Waals surface area contributed by atoms with Gasteiger partial charge in [0.15, 0.2) is 12.6 Å². The molecule has 536 valence electrons. The van der Waals surface area contributed by atoms with Gasteiger partial charge in [0.2, 0.25) is 5.91 Å². The Morgan fingerprint density at radius 1 is 0.396 bits per heavy atom. The van der Waals surface area contributed by atoms with Crippen molar-refractivity contribution in [2.24, 2.45) is 0 Å². The maximum Gasteiger partial charge on any atom is 0.220 e. The molecule has 0 aliphatic carbocycles. The number of unbranched alkanes of at least 4 members (excludes halogenated alkanes) is 46. The molecule has 1 amide bonds. The van der Waals surface area contributed by atoms with E-state index in [0.717, 1.165) is 64.2 Å². The van der Waals surface area contributed by atoms with Crippen LogP contribution in [-0.4, -0.2) is 140 Å². The summed E-state index contributed by atoms with van der Waals surface area (Å²) in [6.07, 6.45) is 63.2. The predicted molar refractivity (Wildman–Crippen MR) is 374 cm³/mol. The summed E-state index contributed by atoms with van der Waals surface area (Å²) in [5, 5.41) is 87.7. The van der Waals surface area contributed by atoms with E-state index in [4.69, 9.17) is 18.9 Å². The maximum absolute atomic E-state index is 13.4. The van der Waals surface area contributed by atoms with Crippen molar-refractivity contribution >= 4 is 5.91 Å². The van der Waals surface area contributed by atoms with Crippen molar-refractivity contribution in [2.45, 2.75) is 428 Å². The third-order valence-electron chi connectivity index (χ3n) is 19.1. The molecule has 2 aliphatic heterocycles. The van der Waals surface area contributed by atoms with Crippen LogP contribution in [0.5, 0.6) is 0 Å². The van der Waals surface area contributed by atoms with Crippen LogP contribution >= 0.6 is 0 Å². The van der Waals surface area contributed by atoms with Crippen LogP contribution in [-0.2, 0) is 23.7 Å². The molecule has 0 radical (unpaired) electrons. The zero-order chi connectivity index (χ0) is 65.9. The number of aliphatic hydroxyl groups excluding tert-OH is 8. The van der Waals surface area contributed by atoms with Crippen LogP contribution in [0.4, 0.5) is 0 Å². The molecule has 0 spiro atoms. The van der Waals surface area contributed by atoms with Gasteiger partial charge >= 0.3 is 0 Å². The molecular weight excluding hydrogens is 1150 g/mol. The summed E-state index contributed by atoms with van der Waals surface area (Å²) in [5.74, 6) is -0.199. The number of carbonyl (C=O) groups excluding carboxylic acids is 1. The van der Waals surface area contributed by atoms with Crippen LogP contribution in [0.2, 0.25) is 0 Å². The van der Waals surface area contributed by atoms with Crippen molar-refractivity contribution in [3.05, 3.63) is 36.5 Å². The van der Waals surface area contributed by atoms with E-state index in [0.29, 0.717) is 12.8 Å². The second-order valence-corrected chi connectivity index (χ2v) is 27.5. The van der Waals surface area contributed by atoms with Gasteiger partial charge in [-0.1, -0.05) is 333 Å². The van der Waals surface area contributed by atoms with Crippen molar-refractivity contribution in [1.29, 1.82) is 0 Å². The van der Waals surface area contributed by atoms with E-state index in [-0.39, 0.29) is 12.5 Å². The van der Waals surface area contributed by atoms with Crippen LogP contribution in [0.1, 0.15) is 354 Å². The van der Waals surface area contributed by atoms with Gasteiger partial charge in [0, 0.05) is 6.42 Å². The zero-order valence-corrected chi connectivity index (χ0v) is 58.6. The van der Waals surface area contributed by atoms with Crippen LogP contribution in [0.25, 0.3) is 0 Å². The summed E-state index contributed by atoms with van der Waals surface area (Å²) >= 11 is 0. The lowest BCUT2D eigenvalue weighted by Crippen LogP contribution is -2.65. The molecule has 2 heterocycles. The van der Waals surface area contributed by atoms with Crippen LogP contribution in [0.3, 0.4) is 0 Å². The van der Waals surface area contributed by atoms with E-state index in [1.54, 1.807) is 0 Å². The maximum atomic E-state index is 13.4. The van der Waals surface area contributed by atoms with Gasteiger partial charge in [0.25, 0.3) is 0 Å².